The molecule has 1 rings (SSSR count). The fourth-order valence-corrected chi connectivity index (χ4v) is 3.67. The quantitative estimate of drug-likeness (QED) is 0.838. The molecule has 0 bridgehead atoms. The largest absolute Gasteiger partial charge is 0.480 e. The number of nitrogens with zero attached hydrogens (tertiary/aromatic N) is 1. The van der Waals surface area contributed by atoms with E-state index in [4.69, 9.17) is 5.11 Å². The second kappa shape index (κ2) is 7.04. The Kier molecular flexibility index (Phi) is 5.92. The van der Waals surface area contributed by atoms with Gasteiger partial charge in [-0.05, 0) is 43.9 Å². The van der Waals surface area contributed by atoms with Gasteiger partial charge >= 0.3 is 5.97 Å². The highest BCUT2D eigenvalue weighted by molar-refractivity contribution is 7.89. The van der Waals surface area contributed by atoms with Gasteiger partial charge in [0.25, 0.3) is 0 Å². The third kappa shape index (κ3) is 4.82. The molecule has 6 heteroatoms. The van der Waals surface area contributed by atoms with Crippen LogP contribution in [0.25, 0.3) is 0 Å². The molecule has 0 unspecified atom stereocenters. The summed E-state index contributed by atoms with van der Waals surface area (Å²) in [5, 5.41) is 8.88. The van der Waals surface area contributed by atoms with E-state index in [0.29, 0.717) is 5.92 Å². The molecule has 0 aliphatic carbocycles. The second-order valence-corrected chi connectivity index (χ2v) is 7.67. The molecule has 0 radical (unpaired) electrons. The first kappa shape index (κ1) is 17.7. The van der Waals surface area contributed by atoms with Gasteiger partial charge in [0.2, 0.25) is 10.0 Å². The SMILES string of the molecule is CC(C)Cc1ccc(S(=O)(=O)N(CC(=O)O)C(C)C)cc1. The molecule has 0 fully saturated rings. The van der Waals surface area contributed by atoms with E-state index in [-0.39, 0.29) is 4.90 Å². The second-order valence-electron chi connectivity index (χ2n) is 5.78. The van der Waals surface area contributed by atoms with Gasteiger partial charge < -0.3 is 5.11 Å². The zero-order valence-corrected chi connectivity index (χ0v) is 13.7. The third-order valence-electron chi connectivity index (χ3n) is 3.04. The van der Waals surface area contributed by atoms with E-state index in [1.165, 1.54) is 0 Å². The van der Waals surface area contributed by atoms with Crippen molar-refractivity contribution in [2.45, 2.75) is 45.1 Å². The number of benzene rings is 1. The number of rotatable bonds is 7. The first-order valence-corrected chi connectivity index (χ1v) is 8.41. The van der Waals surface area contributed by atoms with Crippen molar-refractivity contribution >= 4 is 16.0 Å². The Morgan fingerprint density at radius 1 is 1.14 bits per heavy atom. The molecule has 0 saturated carbocycles. The number of carboxylic acids is 1. The van der Waals surface area contributed by atoms with Crippen molar-refractivity contribution in [3.05, 3.63) is 29.8 Å². The van der Waals surface area contributed by atoms with Crippen LogP contribution in [0.1, 0.15) is 33.3 Å². The van der Waals surface area contributed by atoms with Crippen molar-refractivity contribution in [3.63, 3.8) is 0 Å². The van der Waals surface area contributed by atoms with Crippen molar-refractivity contribution in [1.82, 2.24) is 4.31 Å². The van der Waals surface area contributed by atoms with Gasteiger partial charge in [0, 0.05) is 6.04 Å². The van der Waals surface area contributed by atoms with E-state index >= 15 is 0 Å². The molecule has 118 valence electrons. The van der Waals surface area contributed by atoms with Crippen LogP contribution in [0.4, 0.5) is 0 Å². The average molecular weight is 313 g/mol. The van der Waals surface area contributed by atoms with Gasteiger partial charge in [-0.1, -0.05) is 26.0 Å². The molecule has 1 aromatic rings. The van der Waals surface area contributed by atoms with E-state index in [2.05, 4.69) is 13.8 Å². The molecular formula is C15H23NO4S. The summed E-state index contributed by atoms with van der Waals surface area (Å²) in [7, 11) is -3.79. The number of carboxylic acid groups (broad SMARTS) is 1. The minimum atomic E-state index is -3.79. The Morgan fingerprint density at radius 3 is 2.05 bits per heavy atom. The topological polar surface area (TPSA) is 74.7 Å². The van der Waals surface area contributed by atoms with E-state index in [0.717, 1.165) is 16.3 Å². The predicted molar refractivity (Wildman–Crippen MR) is 81.6 cm³/mol. The summed E-state index contributed by atoms with van der Waals surface area (Å²) in [5.74, 6) is -0.671. The van der Waals surface area contributed by atoms with E-state index in [9.17, 15) is 13.2 Å². The monoisotopic (exact) mass is 313 g/mol. The first-order chi connectivity index (χ1) is 9.64. The van der Waals surface area contributed by atoms with Crippen LogP contribution in [0.2, 0.25) is 0 Å². The lowest BCUT2D eigenvalue weighted by Crippen LogP contribution is -2.40. The van der Waals surface area contributed by atoms with Crippen LogP contribution in [0.5, 0.6) is 0 Å². The minimum Gasteiger partial charge on any atom is -0.480 e. The number of sulfonamides is 1. The van der Waals surface area contributed by atoms with Gasteiger partial charge in [-0.15, -0.1) is 0 Å². The Labute approximate surface area is 126 Å². The zero-order valence-electron chi connectivity index (χ0n) is 12.9. The lowest BCUT2D eigenvalue weighted by Gasteiger charge is -2.24. The fraction of sp³-hybridized carbons (Fsp3) is 0.533. The summed E-state index contributed by atoms with van der Waals surface area (Å²) in [6.45, 7) is 6.98. The van der Waals surface area contributed by atoms with Crippen LogP contribution in [0, 0.1) is 5.92 Å². The Balaban J connectivity index is 3.07. The van der Waals surface area contributed by atoms with Crippen molar-refractivity contribution in [2.75, 3.05) is 6.54 Å². The molecule has 1 N–H and O–H groups in total. The molecule has 0 heterocycles. The highest BCUT2D eigenvalue weighted by Gasteiger charge is 2.28. The summed E-state index contributed by atoms with van der Waals surface area (Å²) in [4.78, 5) is 11.0. The molecular weight excluding hydrogens is 290 g/mol. The number of carbonyl (C=O) groups is 1. The van der Waals surface area contributed by atoms with Crippen LogP contribution in [-0.4, -0.2) is 36.4 Å². The lowest BCUT2D eigenvalue weighted by molar-refractivity contribution is -0.137. The third-order valence-corrected chi connectivity index (χ3v) is 5.08. The van der Waals surface area contributed by atoms with Crippen molar-refractivity contribution in [1.29, 1.82) is 0 Å². The van der Waals surface area contributed by atoms with Crippen LogP contribution in [0.15, 0.2) is 29.2 Å². The molecule has 21 heavy (non-hydrogen) atoms. The highest BCUT2D eigenvalue weighted by atomic mass is 32.2. The highest BCUT2D eigenvalue weighted by Crippen LogP contribution is 2.19. The van der Waals surface area contributed by atoms with E-state index < -0.39 is 28.6 Å². The molecule has 0 aliphatic heterocycles. The maximum atomic E-state index is 12.5. The van der Waals surface area contributed by atoms with Gasteiger partial charge in [0.05, 0.1) is 4.90 Å². The molecule has 0 spiro atoms. The Morgan fingerprint density at radius 2 is 1.67 bits per heavy atom. The van der Waals surface area contributed by atoms with Crippen LogP contribution >= 0.6 is 0 Å². The lowest BCUT2D eigenvalue weighted by atomic mass is 10.0. The summed E-state index contributed by atoms with van der Waals surface area (Å²) in [6.07, 6.45) is 0.878. The molecule has 0 atom stereocenters. The minimum absolute atomic E-state index is 0.130. The molecule has 1 aromatic carbocycles. The van der Waals surface area contributed by atoms with E-state index in [1.807, 2.05) is 0 Å². The predicted octanol–water partition coefficient (Wildman–Crippen LogP) is 2.37. The van der Waals surface area contributed by atoms with Crippen LogP contribution < -0.4 is 0 Å². The molecule has 0 aromatic heterocycles. The van der Waals surface area contributed by atoms with Crippen LogP contribution in [0.3, 0.4) is 0 Å². The van der Waals surface area contributed by atoms with Crippen molar-refractivity contribution < 1.29 is 18.3 Å². The maximum absolute atomic E-state index is 12.5. The van der Waals surface area contributed by atoms with E-state index in [1.54, 1.807) is 38.1 Å². The molecule has 0 saturated heterocycles. The fourth-order valence-electron chi connectivity index (χ4n) is 2.08. The number of aliphatic carboxylic acids is 1. The van der Waals surface area contributed by atoms with Crippen molar-refractivity contribution in [3.8, 4) is 0 Å². The number of hydrogen-bond acceptors (Lipinski definition) is 3. The Hall–Kier alpha value is -1.40. The standard InChI is InChI=1S/C15H23NO4S/c1-11(2)9-13-5-7-14(8-6-13)21(19,20)16(12(3)4)10-15(17)18/h5-8,11-12H,9-10H2,1-4H3,(H,17,18). The smallest absolute Gasteiger partial charge is 0.318 e. The normalized spacial score (nSPS) is 12.3. The summed E-state index contributed by atoms with van der Waals surface area (Å²) >= 11 is 0. The van der Waals surface area contributed by atoms with Gasteiger partial charge in [0.15, 0.2) is 0 Å². The van der Waals surface area contributed by atoms with Gasteiger partial charge in [-0.3, -0.25) is 4.79 Å². The zero-order chi connectivity index (χ0) is 16.2. The average Bonchev–Trinajstić information content (AvgIpc) is 2.35. The summed E-state index contributed by atoms with van der Waals surface area (Å²) in [5.41, 5.74) is 1.07. The van der Waals surface area contributed by atoms with Crippen molar-refractivity contribution in [2.24, 2.45) is 5.92 Å². The maximum Gasteiger partial charge on any atom is 0.318 e. The summed E-state index contributed by atoms with van der Waals surface area (Å²) < 4.78 is 26.0. The van der Waals surface area contributed by atoms with Crippen LogP contribution in [-0.2, 0) is 21.2 Å². The summed E-state index contributed by atoms with van der Waals surface area (Å²) in [6, 6.07) is 6.24. The van der Waals surface area contributed by atoms with Gasteiger partial charge in [-0.25, -0.2) is 8.42 Å². The van der Waals surface area contributed by atoms with Gasteiger partial charge in [-0.2, -0.15) is 4.31 Å². The molecule has 0 aliphatic rings. The first-order valence-electron chi connectivity index (χ1n) is 6.97. The Bertz CT molecular complexity index is 576. The number of hydrogen-bond donors (Lipinski definition) is 1. The molecule has 5 nitrogen and oxygen atoms in total. The molecule has 0 amide bonds. The van der Waals surface area contributed by atoms with Gasteiger partial charge in [0.1, 0.15) is 6.54 Å².